The average molecular weight is 302 g/mol. The number of rotatable bonds is 3. The van der Waals surface area contributed by atoms with Crippen LogP contribution in [0.1, 0.15) is 18.4 Å². The fourth-order valence-corrected chi connectivity index (χ4v) is 4.22. The molecule has 2 rings (SSSR count). The highest BCUT2D eigenvalue weighted by atomic mass is 35.5. The van der Waals surface area contributed by atoms with Gasteiger partial charge >= 0.3 is 0 Å². The number of amides is 1. The molecule has 19 heavy (non-hydrogen) atoms. The molecule has 1 fully saturated rings. The Balaban J connectivity index is 1.93. The highest BCUT2D eigenvalue weighted by molar-refractivity contribution is 7.91. The summed E-state index contributed by atoms with van der Waals surface area (Å²) in [7, 11) is -2.93. The molecule has 0 bridgehead atoms. The monoisotopic (exact) mass is 301 g/mol. The number of hydrogen-bond acceptors (Lipinski definition) is 3. The van der Waals surface area contributed by atoms with Crippen LogP contribution in [0.3, 0.4) is 0 Å². The van der Waals surface area contributed by atoms with Gasteiger partial charge in [-0.3, -0.25) is 4.79 Å². The highest BCUT2D eigenvalue weighted by Crippen LogP contribution is 2.23. The van der Waals surface area contributed by atoms with E-state index in [4.69, 9.17) is 11.6 Å². The summed E-state index contributed by atoms with van der Waals surface area (Å²) in [4.78, 5) is 11.8. The molecule has 0 aromatic heterocycles. The third-order valence-corrected chi connectivity index (χ3v) is 5.50. The fraction of sp³-hybridized carbons (Fsp3) is 0.462. The number of halogens is 1. The second-order valence-electron chi connectivity index (χ2n) is 4.99. The molecular formula is C13H16ClNO3S. The van der Waals surface area contributed by atoms with Crippen LogP contribution in [0.25, 0.3) is 0 Å². The molecule has 0 radical (unpaired) electrons. The van der Waals surface area contributed by atoms with Gasteiger partial charge in [0, 0.05) is 17.1 Å². The zero-order valence-corrected chi connectivity index (χ0v) is 12.2. The number of benzene rings is 1. The number of carbonyl (C=O) groups excluding carboxylic acids is 1. The largest absolute Gasteiger partial charge is 0.326 e. The molecule has 1 aromatic rings. The fourth-order valence-electron chi connectivity index (χ4n) is 2.18. The van der Waals surface area contributed by atoms with Crippen molar-refractivity contribution in [3.63, 3.8) is 0 Å². The smallest absolute Gasteiger partial charge is 0.224 e. The number of nitrogens with one attached hydrogen (secondary N) is 1. The minimum absolute atomic E-state index is 0.0640. The first kappa shape index (κ1) is 14.3. The summed E-state index contributed by atoms with van der Waals surface area (Å²) >= 11 is 5.97. The second kappa shape index (κ2) is 5.51. The predicted octanol–water partition coefficient (Wildman–Crippen LogP) is 2.41. The van der Waals surface area contributed by atoms with Crippen LogP contribution in [-0.2, 0) is 14.6 Å². The lowest BCUT2D eigenvalue weighted by Crippen LogP contribution is -2.17. The van der Waals surface area contributed by atoms with Crippen LogP contribution in [0.15, 0.2) is 18.2 Å². The van der Waals surface area contributed by atoms with Crippen molar-refractivity contribution in [2.45, 2.75) is 19.8 Å². The van der Waals surface area contributed by atoms with E-state index in [2.05, 4.69) is 5.32 Å². The van der Waals surface area contributed by atoms with E-state index in [0.717, 1.165) is 5.56 Å². The molecule has 0 spiro atoms. The van der Waals surface area contributed by atoms with Crippen LogP contribution in [0.4, 0.5) is 5.69 Å². The van der Waals surface area contributed by atoms with Crippen LogP contribution in [0.2, 0.25) is 5.02 Å². The number of aryl methyl sites for hydroxylation is 1. The SMILES string of the molecule is Cc1ccc(NC(=O)C[C@@H]2CCS(=O)(=O)C2)cc1Cl. The second-order valence-corrected chi connectivity index (χ2v) is 7.62. The molecule has 1 atom stereocenters. The Morgan fingerprint density at radius 3 is 2.79 bits per heavy atom. The van der Waals surface area contributed by atoms with Crippen molar-refractivity contribution >= 4 is 33.0 Å². The molecule has 1 aliphatic heterocycles. The number of anilines is 1. The maximum atomic E-state index is 11.8. The molecule has 4 nitrogen and oxygen atoms in total. The van der Waals surface area contributed by atoms with Gasteiger partial charge in [-0.2, -0.15) is 0 Å². The third-order valence-electron chi connectivity index (χ3n) is 3.26. The lowest BCUT2D eigenvalue weighted by Gasteiger charge is -2.09. The molecule has 6 heteroatoms. The van der Waals surface area contributed by atoms with Gasteiger partial charge in [0.2, 0.25) is 5.91 Å². The average Bonchev–Trinajstić information content (AvgIpc) is 2.63. The number of hydrogen-bond donors (Lipinski definition) is 1. The summed E-state index contributed by atoms with van der Waals surface area (Å²) in [6, 6.07) is 5.31. The number of carbonyl (C=O) groups is 1. The maximum Gasteiger partial charge on any atom is 0.224 e. The Morgan fingerprint density at radius 2 is 2.21 bits per heavy atom. The molecule has 0 saturated carbocycles. The van der Waals surface area contributed by atoms with E-state index in [9.17, 15) is 13.2 Å². The summed E-state index contributed by atoms with van der Waals surface area (Å²) in [6.45, 7) is 1.89. The normalized spacial score (nSPS) is 21.3. The molecule has 1 aromatic carbocycles. The Kier molecular flexibility index (Phi) is 4.16. The van der Waals surface area contributed by atoms with E-state index in [1.165, 1.54) is 0 Å². The molecule has 0 unspecified atom stereocenters. The summed E-state index contributed by atoms with van der Waals surface area (Å²) in [5.74, 6) is 0.0871. The van der Waals surface area contributed by atoms with Crippen LogP contribution < -0.4 is 5.32 Å². The zero-order valence-electron chi connectivity index (χ0n) is 10.6. The summed E-state index contributed by atoms with van der Waals surface area (Å²) in [5, 5.41) is 3.34. The van der Waals surface area contributed by atoms with Gasteiger partial charge in [-0.25, -0.2) is 8.42 Å². The van der Waals surface area contributed by atoms with Crippen molar-refractivity contribution < 1.29 is 13.2 Å². The number of sulfone groups is 1. The maximum absolute atomic E-state index is 11.8. The summed E-state index contributed by atoms with van der Waals surface area (Å²) in [5.41, 5.74) is 1.59. The van der Waals surface area contributed by atoms with Gasteiger partial charge in [0.15, 0.2) is 9.84 Å². The van der Waals surface area contributed by atoms with E-state index in [-0.39, 0.29) is 29.8 Å². The molecular weight excluding hydrogens is 286 g/mol. The quantitative estimate of drug-likeness (QED) is 0.932. The third kappa shape index (κ3) is 3.94. The van der Waals surface area contributed by atoms with Crippen molar-refractivity contribution in [1.29, 1.82) is 0 Å². The van der Waals surface area contributed by atoms with Gasteiger partial charge in [0.05, 0.1) is 11.5 Å². The standard InChI is InChI=1S/C13H16ClNO3S/c1-9-2-3-11(7-12(9)14)15-13(16)6-10-4-5-19(17,18)8-10/h2-3,7,10H,4-6,8H2,1H3,(H,15,16)/t10-/m0/s1. The topological polar surface area (TPSA) is 63.2 Å². The van der Waals surface area contributed by atoms with Crippen molar-refractivity contribution in [3.8, 4) is 0 Å². The Morgan fingerprint density at radius 1 is 1.47 bits per heavy atom. The van der Waals surface area contributed by atoms with E-state index < -0.39 is 9.84 Å². The molecule has 1 aliphatic rings. The van der Waals surface area contributed by atoms with Crippen molar-refractivity contribution in [2.75, 3.05) is 16.8 Å². The van der Waals surface area contributed by atoms with Gasteiger partial charge < -0.3 is 5.32 Å². The minimum Gasteiger partial charge on any atom is -0.326 e. The van der Waals surface area contributed by atoms with E-state index >= 15 is 0 Å². The molecule has 104 valence electrons. The molecule has 1 N–H and O–H groups in total. The minimum atomic E-state index is -2.93. The van der Waals surface area contributed by atoms with E-state index in [1.807, 2.05) is 13.0 Å². The summed E-state index contributed by atoms with van der Waals surface area (Å²) in [6.07, 6.45) is 0.815. The molecule has 1 heterocycles. The van der Waals surface area contributed by atoms with Crippen molar-refractivity contribution in [2.24, 2.45) is 5.92 Å². The van der Waals surface area contributed by atoms with E-state index in [1.54, 1.807) is 12.1 Å². The first-order chi connectivity index (χ1) is 8.85. The Hall–Kier alpha value is -1.07. The van der Waals surface area contributed by atoms with Gasteiger partial charge in [-0.1, -0.05) is 17.7 Å². The highest BCUT2D eigenvalue weighted by Gasteiger charge is 2.29. The van der Waals surface area contributed by atoms with E-state index in [0.29, 0.717) is 17.1 Å². The van der Waals surface area contributed by atoms with Gasteiger partial charge in [0.1, 0.15) is 0 Å². The molecule has 1 saturated heterocycles. The first-order valence-corrected chi connectivity index (χ1v) is 8.32. The predicted molar refractivity (Wildman–Crippen MR) is 76.2 cm³/mol. The van der Waals surface area contributed by atoms with Gasteiger partial charge in [-0.15, -0.1) is 0 Å². The lowest BCUT2D eigenvalue weighted by atomic mass is 10.0. The first-order valence-electron chi connectivity index (χ1n) is 6.12. The zero-order chi connectivity index (χ0) is 14.0. The van der Waals surface area contributed by atoms with Crippen LogP contribution >= 0.6 is 11.6 Å². The van der Waals surface area contributed by atoms with Crippen LogP contribution in [0.5, 0.6) is 0 Å². The van der Waals surface area contributed by atoms with Crippen LogP contribution in [-0.4, -0.2) is 25.8 Å². The van der Waals surface area contributed by atoms with Gasteiger partial charge in [0.25, 0.3) is 0 Å². The van der Waals surface area contributed by atoms with Crippen molar-refractivity contribution in [3.05, 3.63) is 28.8 Å². The van der Waals surface area contributed by atoms with Crippen LogP contribution in [0, 0.1) is 12.8 Å². The Bertz CT molecular complexity index is 598. The Labute approximate surface area is 118 Å². The van der Waals surface area contributed by atoms with Crippen molar-refractivity contribution in [1.82, 2.24) is 0 Å². The molecule has 0 aliphatic carbocycles. The lowest BCUT2D eigenvalue weighted by molar-refractivity contribution is -0.116. The van der Waals surface area contributed by atoms with Gasteiger partial charge in [-0.05, 0) is 37.0 Å². The summed E-state index contributed by atoms with van der Waals surface area (Å²) < 4.78 is 22.6. The molecule has 1 amide bonds.